The normalized spacial score (nSPS) is 10.7. The summed E-state index contributed by atoms with van der Waals surface area (Å²) in [5, 5.41) is 4.61. The fourth-order valence-electron chi connectivity index (χ4n) is 1.95. The molecule has 90 valence electrons. The summed E-state index contributed by atoms with van der Waals surface area (Å²) in [6.07, 6.45) is 6.78. The van der Waals surface area contributed by atoms with Crippen LogP contribution in [0, 0.1) is 0 Å². The third-order valence-electron chi connectivity index (χ3n) is 2.97. The highest BCUT2D eigenvalue weighted by atomic mass is 15.3. The monoisotopic (exact) mass is 229 g/mol. The van der Waals surface area contributed by atoms with Gasteiger partial charge in [0.2, 0.25) is 0 Å². The Morgan fingerprint density at radius 2 is 2.12 bits per heavy atom. The lowest BCUT2D eigenvalue weighted by molar-refractivity contribution is 0.580. The van der Waals surface area contributed by atoms with Crippen LogP contribution in [-0.2, 0) is 25.8 Å². The predicted molar refractivity (Wildman–Crippen MR) is 68.9 cm³/mol. The molecule has 0 aliphatic carbocycles. The average molecular weight is 229 g/mol. The molecular formula is C14H19N3. The van der Waals surface area contributed by atoms with Crippen LogP contribution in [0.4, 0.5) is 0 Å². The van der Waals surface area contributed by atoms with E-state index in [4.69, 9.17) is 0 Å². The van der Waals surface area contributed by atoms with E-state index in [0.717, 1.165) is 25.8 Å². The van der Waals surface area contributed by atoms with E-state index < -0.39 is 0 Å². The molecule has 0 aliphatic rings. The predicted octanol–water partition coefficient (Wildman–Crippen LogP) is 2.65. The Morgan fingerprint density at radius 3 is 2.76 bits per heavy atom. The number of hydrogen-bond acceptors (Lipinski definition) is 2. The molecule has 17 heavy (non-hydrogen) atoms. The third kappa shape index (κ3) is 2.93. The molecule has 3 nitrogen and oxygen atoms in total. The zero-order valence-corrected chi connectivity index (χ0v) is 10.6. The van der Waals surface area contributed by atoms with E-state index in [1.807, 2.05) is 18.5 Å². The molecule has 2 heterocycles. The van der Waals surface area contributed by atoms with Crippen LogP contribution in [0.1, 0.15) is 30.8 Å². The van der Waals surface area contributed by atoms with E-state index >= 15 is 0 Å². The highest BCUT2D eigenvalue weighted by Crippen LogP contribution is 2.08. The first kappa shape index (κ1) is 11.8. The van der Waals surface area contributed by atoms with Crippen LogP contribution in [0.25, 0.3) is 0 Å². The molecule has 0 radical (unpaired) electrons. The SMILES string of the molecule is CCc1cc(CC)n(CCc2cccnc2)n1. The molecule has 0 fully saturated rings. The molecule has 0 spiro atoms. The largest absolute Gasteiger partial charge is 0.269 e. The molecule has 0 aliphatic heterocycles. The van der Waals surface area contributed by atoms with Gasteiger partial charge in [-0.2, -0.15) is 5.10 Å². The molecule has 0 unspecified atom stereocenters. The zero-order chi connectivity index (χ0) is 12.1. The molecule has 0 atom stereocenters. The number of nitrogens with zero attached hydrogens (tertiary/aromatic N) is 3. The number of rotatable bonds is 5. The fraction of sp³-hybridized carbons (Fsp3) is 0.429. The van der Waals surface area contributed by atoms with Gasteiger partial charge < -0.3 is 0 Å². The number of aromatic nitrogens is 3. The smallest absolute Gasteiger partial charge is 0.0624 e. The van der Waals surface area contributed by atoms with Crippen LogP contribution < -0.4 is 0 Å². The zero-order valence-electron chi connectivity index (χ0n) is 10.6. The molecule has 2 rings (SSSR count). The van der Waals surface area contributed by atoms with Crippen molar-refractivity contribution in [3.63, 3.8) is 0 Å². The van der Waals surface area contributed by atoms with Gasteiger partial charge in [-0.3, -0.25) is 9.67 Å². The lowest BCUT2D eigenvalue weighted by Crippen LogP contribution is -2.07. The maximum Gasteiger partial charge on any atom is 0.0624 e. The maximum absolute atomic E-state index is 4.61. The van der Waals surface area contributed by atoms with E-state index in [9.17, 15) is 0 Å². The molecule has 2 aromatic heterocycles. The van der Waals surface area contributed by atoms with Gasteiger partial charge in [0, 0.05) is 24.6 Å². The summed E-state index contributed by atoms with van der Waals surface area (Å²) < 4.78 is 2.13. The van der Waals surface area contributed by atoms with Crippen molar-refractivity contribution in [2.24, 2.45) is 0 Å². The summed E-state index contributed by atoms with van der Waals surface area (Å²) in [5.41, 5.74) is 3.78. The molecule has 3 heteroatoms. The van der Waals surface area contributed by atoms with Crippen molar-refractivity contribution in [3.05, 3.63) is 47.5 Å². The molecule has 0 aromatic carbocycles. The second-order valence-electron chi connectivity index (χ2n) is 4.17. The van der Waals surface area contributed by atoms with Gasteiger partial charge in [-0.15, -0.1) is 0 Å². The van der Waals surface area contributed by atoms with Crippen molar-refractivity contribution in [2.75, 3.05) is 0 Å². The highest BCUT2D eigenvalue weighted by Gasteiger charge is 2.05. The van der Waals surface area contributed by atoms with Crippen LogP contribution in [0.3, 0.4) is 0 Å². The van der Waals surface area contributed by atoms with Crippen LogP contribution in [0.15, 0.2) is 30.6 Å². The van der Waals surface area contributed by atoms with Gasteiger partial charge in [0.1, 0.15) is 0 Å². The summed E-state index contributed by atoms with van der Waals surface area (Å²) in [6.45, 7) is 5.26. The number of pyridine rings is 1. The average Bonchev–Trinajstić information content (AvgIpc) is 2.80. The van der Waals surface area contributed by atoms with Crippen molar-refractivity contribution >= 4 is 0 Å². The van der Waals surface area contributed by atoms with Gasteiger partial charge in [0.25, 0.3) is 0 Å². The third-order valence-corrected chi connectivity index (χ3v) is 2.97. The van der Waals surface area contributed by atoms with E-state index in [1.165, 1.54) is 17.0 Å². The van der Waals surface area contributed by atoms with Crippen LogP contribution in [-0.4, -0.2) is 14.8 Å². The van der Waals surface area contributed by atoms with Crippen LogP contribution in [0.2, 0.25) is 0 Å². The van der Waals surface area contributed by atoms with Crippen molar-refractivity contribution in [2.45, 2.75) is 39.7 Å². The van der Waals surface area contributed by atoms with Crippen LogP contribution in [0.5, 0.6) is 0 Å². The minimum Gasteiger partial charge on any atom is -0.269 e. The van der Waals surface area contributed by atoms with Gasteiger partial charge >= 0.3 is 0 Å². The van der Waals surface area contributed by atoms with E-state index in [2.05, 4.69) is 40.7 Å². The van der Waals surface area contributed by atoms with Gasteiger partial charge in [0.05, 0.1) is 5.69 Å². The second-order valence-corrected chi connectivity index (χ2v) is 4.17. The summed E-state index contributed by atoms with van der Waals surface area (Å²) in [6, 6.07) is 6.31. The first-order valence-corrected chi connectivity index (χ1v) is 6.28. The second kappa shape index (κ2) is 5.62. The molecule has 0 bridgehead atoms. The lowest BCUT2D eigenvalue weighted by Gasteiger charge is -2.05. The van der Waals surface area contributed by atoms with E-state index in [0.29, 0.717) is 0 Å². The standard InChI is InChI=1S/C14H19N3/c1-3-13-10-14(4-2)17(16-13)9-7-12-6-5-8-15-11-12/h5-6,8,10-11H,3-4,7,9H2,1-2H3. The topological polar surface area (TPSA) is 30.7 Å². The molecule has 0 saturated carbocycles. The molecule has 0 amide bonds. The minimum absolute atomic E-state index is 0.939. The van der Waals surface area contributed by atoms with Gasteiger partial charge in [0.15, 0.2) is 0 Å². The Kier molecular flexibility index (Phi) is 3.91. The fourth-order valence-corrected chi connectivity index (χ4v) is 1.95. The van der Waals surface area contributed by atoms with Gasteiger partial charge in [-0.05, 0) is 37.0 Å². The van der Waals surface area contributed by atoms with Crippen molar-refractivity contribution in [1.29, 1.82) is 0 Å². The first-order chi connectivity index (χ1) is 8.33. The summed E-state index contributed by atoms with van der Waals surface area (Å²) in [5.74, 6) is 0. The molecule has 0 N–H and O–H groups in total. The molecular weight excluding hydrogens is 210 g/mol. The Balaban J connectivity index is 2.05. The van der Waals surface area contributed by atoms with E-state index in [1.54, 1.807) is 0 Å². The van der Waals surface area contributed by atoms with Gasteiger partial charge in [-0.25, -0.2) is 0 Å². The first-order valence-electron chi connectivity index (χ1n) is 6.28. The van der Waals surface area contributed by atoms with Crippen molar-refractivity contribution < 1.29 is 0 Å². The quantitative estimate of drug-likeness (QED) is 0.789. The minimum atomic E-state index is 0.939. The van der Waals surface area contributed by atoms with Crippen LogP contribution >= 0.6 is 0 Å². The Labute approximate surface area is 103 Å². The number of aryl methyl sites for hydroxylation is 4. The Hall–Kier alpha value is -1.64. The maximum atomic E-state index is 4.61. The molecule has 2 aromatic rings. The summed E-state index contributed by atoms with van der Waals surface area (Å²) in [7, 11) is 0. The van der Waals surface area contributed by atoms with Crippen molar-refractivity contribution in [3.8, 4) is 0 Å². The highest BCUT2D eigenvalue weighted by molar-refractivity contribution is 5.12. The van der Waals surface area contributed by atoms with Gasteiger partial charge in [-0.1, -0.05) is 19.9 Å². The number of hydrogen-bond donors (Lipinski definition) is 0. The van der Waals surface area contributed by atoms with Crippen molar-refractivity contribution in [1.82, 2.24) is 14.8 Å². The molecule has 0 saturated heterocycles. The van der Waals surface area contributed by atoms with E-state index in [-0.39, 0.29) is 0 Å². The lowest BCUT2D eigenvalue weighted by atomic mass is 10.2. The Bertz CT molecular complexity index is 460. The summed E-state index contributed by atoms with van der Waals surface area (Å²) >= 11 is 0. The Morgan fingerprint density at radius 1 is 1.24 bits per heavy atom. The summed E-state index contributed by atoms with van der Waals surface area (Å²) in [4.78, 5) is 4.13.